The first-order valence-corrected chi connectivity index (χ1v) is 6.68. The van der Waals surface area contributed by atoms with Crippen molar-refractivity contribution in [1.82, 2.24) is 10.6 Å². The minimum atomic E-state index is -0.855. The number of nitrogens with one attached hydrogen (secondary N) is 2. The van der Waals surface area contributed by atoms with Crippen molar-refractivity contribution in [1.29, 1.82) is 0 Å². The summed E-state index contributed by atoms with van der Waals surface area (Å²) < 4.78 is 5.29. The molecule has 2 amide bonds. The first-order chi connectivity index (χ1) is 8.80. The maximum absolute atomic E-state index is 11.9. The molecule has 6 nitrogen and oxygen atoms in total. The zero-order chi connectivity index (χ0) is 14.5. The Labute approximate surface area is 113 Å². The Morgan fingerprint density at radius 3 is 2.68 bits per heavy atom. The summed E-state index contributed by atoms with van der Waals surface area (Å²) in [6, 6.07) is -0.201. The first kappa shape index (κ1) is 15.8. The van der Waals surface area contributed by atoms with E-state index in [1.165, 1.54) is 0 Å². The van der Waals surface area contributed by atoms with Crippen molar-refractivity contribution in [2.24, 2.45) is 5.92 Å². The average molecular weight is 272 g/mol. The molecule has 1 rings (SSSR count). The molecule has 0 aliphatic carbocycles. The molecule has 1 saturated heterocycles. The predicted octanol–water partition coefficient (Wildman–Crippen LogP) is 1.35. The van der Waals surface area contributed by atoms with Crippen LogP contribution in [0.4, 0.5) is 4.79 Å². The van der Waals surface area contributed by atoms with Crippen LogP contribution < -0.4 is 10.6 Å². The zero-order valence-electron chi connectivity index (χ0n) is 11.9. The molecule has 0 saturated carbocycles. The van der Waals surface area contributed by atoms with E-state index in [9.17, 15) is 9.59 Å². The summed E-state index contributed by atoms with van der Waals surface area (Å²) in [6.45, 7) is 7.03. The van der Waals surface area contributed by atoms with Gasteiger partial charge in [0.25, 0.3) is 0 Å². The number of carbonyl (C=O) groups excluding carboxylic acids is 1. The van der Waals surface area contributed by atoms with Gasteiger partial charge in [0.1, 0.15) is 0 Å². The van der Waals surface area contributed by atoms with Crippen LogP contribution in [0.1, 0.15) is 40.0 Å². The van der Waals surface area contributed by atoms with E-state index in [1.54, 1.807) is 0 Å². The van der Waals surface area contributed by atoms with Crippen molar-refractivity contribution in [2.75, 3.05) is 13.2 Å². The molecule has 1 aliphatic heterocycles. The second-order valence-corrected chi connectivity index (χ2v) is 5.79. The quantitative estimate of drug-likeness (QED) is 0.681. The van der Waals surface area contributed by atoms with Gasteiger partial charge in [-0.05, 0) is 33.6 Å². The van der Waals surface area contributed by atoms with Gasteiger partial charge in [0.2, 0.25) is 0 Å². The molecule has 0 aromatic rings. The highest BCUT2D eigenvalue weighted by Gasteiger charge is 2.26. The molecule has 2 atom stereocenters. The molecule has 2 unspecified atom stereocenters. The monoisotopic (exact) mass is 272 g/mol. The number of ether oxygens (including phenoxy) is 1. The highest BCUT2D eigenvalue weighted by atomic mass is 16.5. The summed E-state index contributed by atoms with van der Waals surface area (Å²) in [5.41, 5.74) is -0.533. The van der Waals surface area contributed by atoms with Gasteiger partial charge in [-0.3, -0.25) is 4.79 Å². The average Bonchev–Trinajstić information content (AvgIpc) is 2.79. The second kappa shape index (κ2) is 6.75. The number of amides is 2. The SMILES string of the molecule is CC(NC(=O)NC(C)(C)CCC(=O)O)C1CCOC1. The Bertz CT molecular complexity index is 325. The largest absolute Gasteiger partial charge is 0.481 e. The van der Waals surface area contributed by atoms with E-state index < -0.39 is 11.5 Å². The topological polar surface area (TPSA) is 87.7 Å². The summed E-state index contributed by atoms with van der Waals surface area (Å²) >= 11 is 0. The number of hydrogen-bond donors (Lipinski definition) is 3. The van der Waals surface area contributed by atoms with Crippen LogP contribution in [0.2, 0.25) is 0 Å². The van der Waals surface area contributed by atoms with Crippen molar-refractivity contribution in [3.63, 3.8) is 0 Å². The molecule has 3 N–H and O–H groups in total. The van der Waals surface area contributed by atoms with Crippen molar-refractivity contribution < 1.29 is 19.4 Å². The molecule has 19 heavy (non-hydrogen) atoms. The zero-order valence-corrected chi connectivity index (χ0v) is 11.9. The molecule has 0 aromatic heterocycles. The highest BCUT2D eigenvalue weighted by Crippen LogP contribution is 2.16. The van der Waals surface area contributed by atoms with E-state index >= 15 is 0 Å². The number of carboxylic acid groups (broad SMARTS) is 1. The van der Waals surface area contributed by atoms with Crippen molar-refractivity contribution >= 4 is 12.0 Å². The Kier molecular flexibility index (Phi) is 5.60. The van der Waals surface area contributed by atoms with Crippen LogP contribution in [0, 0.1) is 5.92 Å². The van der Waals surface area contributed by atoms with Crippen LogP contribution >= 0.6 is 0 Å². The fourth-order valence-electron chi connectivity index (χ4n) is 2.10. The molecule has 0 radical (unpaired) electrons. The van der Waals surface area contributed by atoms with Gasteiger partial charge in [-0.2, -0.15) is 0 Å². The lowest BCUT2D eigenvalue weighted by atomic mass is 9.98. The van der Waals surface area contributed by atoms with E-state index in [0.717, 1.165) is 13.0 Å². The number of urea groups is 1. The summed E-state index contributed by atoms with van der Waals surface area (Å²) in [5, 5.41) is 14.4. The van der Waals surface area contributed by atoms with Crippen LogP contribution in [-0.2, 0) is 9.53 Å². The normalized spacial score (nSPS) is 20.9. The maximum atomic E-state index is 11.9. The fourth-order valence-corrected chi connectivity index (χ4v) is 2.10. The summed E-state index contributed by atoms with van der Waals surface area (Å²) in [5.74, 6) is -0.500. The molecular weight excluding hydrogens is 248 g/mol. The minimum Gasteiger partial charge on any atom is -0.481 e. The van der Waals surface area contributed by atoms with Gasteiger partial charge in [-0.25, -0.2) is 4.79 Å². The van der Waals surface area contributed by atoms with E-state index in [4.69, 9.17) is 9.84 Å². The maximum Gasteiger partial charge on any atom is 0.315 e. The van der Waals surface area contributed by atoms with Gasteiger partial charge in [0, 0.05) is 30.5 Å². The highest BCUT2D eigenvalue weighted by molar-refractivity contribution is 5.75. The van der Waals surface area contributed by atoms with Crippen molar-refractivity contribution in [3.05, 3.63) is 0 Å². The fraction of sp³-hybridized carbons (Fsp3) is 0.846. The lowest BCUT2D eigenvalue weighted by Crippen LogP contribution is -2.52. The Morgan fingerprint density at radius 2 is 2.16 bits per heavy atom. The number of carbonyl (C=O) groups is 2. The van der Waals surface area contributed by atoms with Gasteiger partial charge in [0.05, 0.1) is 6.61 Å². The van der Waals surface area contributed by atoms with Gasteiger partial charge in [0.15, 0.2) is 0 Å². The lowest BCUT2D eigenvalue weighted by Gasteiger charge is -2.28. The smallest absolute Gasteiger partial charge is 0.315 e. The summed E-state index contributed by atoms with van der Waals surface area (Å²) in [4.78, 5) is 22.4. The van der Waals surface area contributed by atoms with Gasteiger partial charge >= 0.3 is 12.0 Å². The molecule has 1 aliphatic rings. The first-order valence-electron chi connectivity index (χ1n) is 6.68. The van der Waals surface area contributed by atoms with Gasteiger partial charge in [-0.1, -0.05) is 0 Å². The number of aliphatic carboxylic acids is 1. The third-order valence-corrected chi connectivity index (χ3v) is 3.45. The van der Waals surface area contributed by atoms with Crippen LogP contribution in [0.15, 0.2) is 0 Å². The Hall–Kier alpha value is -1.30. The van der Waals surface area contributed by atoms with Crippen molar-refractivity contribution in [3.8, 4) is 0 Å². The lowest BCUT2D eigenvalue weighted by molar-refractivity contribution is -0.137. The van der Waals surface area contributed by atoms with E-state index in [0.29, 0.717) is 18.9 Å². The van der Waals surface area contributed by atoms with E-state index in [1.807, 2.05) is 20.8 Å². The summed E-state index contributed by atoms with van der Waals surface area (Å²) in [6.07, 6.45) is 1.40. The van der Waals surface area contributed by atoms with E-state index in [-0.39, 0.29) is 18.5 Å². The van der Waals surface area contributed by atoms with Gasteiger partial charge in [-0.15, -0.1) is 0 Å². The molecule has 0 spiro atoms. The number of hydrogen-bond acceptors (Lipinski definition) is 3. The summed E-state index contributed by atoms with van der Waals surface area (Å²) in [7, 11) is 0. The van der Waals surface area contributed by atoms with Crippen LogP contribution in [0.25, 0.3) is 0 Å². The molecule has 1 fully saturated rings. The standard InChI is InChI=1S/C13H24N2O4/c1-9(10-5-7-19-8-10)14-12(18)15-13(2,3)6-4-11(16)17/h9-10H,4-8H2,1-3H3,(H,16,17)(H2,14,15,18). The Balaban J connectivity index is 2.34. The van der Waals surface area contributed by atoms with E-state index in [2.05, 4.69) is 10.6 Å². The van der Waals surface area contributed by atoms with Crippen molar-refractivity contribution in [2.45, 2.75) is 51.6 Å². The Morgan fingerprint density at radius 1 is 1.47 bits per heavy atom. The molecular formula is C13H24N2O4. The molecule has 1 heterocycles. The van der Waals surface area contributed by atoms with Crippen LogP contribution in [0.3, 0.4) is 0 Å². The van der Waals surface area contributed by atoms with Gasteiger partial charge < -0.3 is 20.5 Å². The third kappa shape index (κ3) is 5.92. The molecule has 0 bridgehead atoms. The minimum absolute atomic E-state index is 0.0410. The molecule has 110 valence electrons. The molecule has 0 aromatic carbocycles. The number of rotatable bonds is 6. The predicted molar refractivity (Wildman–Crippen MR) is 71.0 cm³/mol. The third-order valence-electron chi connectivity index (χ3n) is 3.45. The molecule has 6 heteroatoms. The van der Waals surface area contributed by atoms with Crippen LogP contribution in [-0.4, -0.2) is 41.9 Å². The second-order valence-electron chi connectivity index (χ2n) is 5.79. The van der Waals surface area contributed by atoms with Crippen LogP contribution in [0.5, 0.6) is 0 Å². The number of carboxylic acids is 1.